The molecule has 1 aromatic carbocycles. The highest BCUT2D eigenvalue weighted by atomic mass is 16.5. The fourth-order valence-corrected chi connectivity index (χ4v) is 4.16. The largest absolute Gasteiger partial charge is 0.497 e. The average molecular weight is 361 g/mol. The van der Waals surface area contributed by atoms with E-state index < -0.39 is 17.3 Å². The minimum absolute atomic E-state index is 0.172. The molecule has 136 valence electrons. The maximum atomic E-state index is 10.0. The quantitative estimate of drug-likeness (QED) is 0.794. The molecule has 0 aromatic heterocycles. The predicted octanol–water partition coefficient (Wildman–Crippen LogP) is 2.14. The lowest BCUT2D eigenvalue weighted by Crippen LogP contribution is -2.52. The van der Waals surface area contributed by atoms with Crippen LogP contribution < -0.4 is 14.8 Å². The van der Waals surface area contributed by atoms with Crippen molar-refractivity contribution >= 4 is 5.71 Å². The Morgan fingerprint density at radius 2 is 1.93 bits per heavy atom. The van der Waals surface area contributed by atoms with E-state index in [1.807, 2.05) is 6.08 Å². The fraction of sp³-hybridized carbons (Fsp3) is 0.400. The Labute approximate surface area is 157 Å². The molecule has 7 heteroatoms. The summed E-state index contributed by atoms with van der Waals surface area (Å²) in [6, 6.07) is 11.5. The minimum Gasteiger partial charge on any atom is -0.497 e. The topological polar surface area (TPSA) is 126 Å². The summed E-state index contributed by atoms with van der Waals surface area (Å²) >= 11 is 0. The molecule has 0 unspecified atom stereocenters. The predicted molar refractivity (Wildman–Crippen MR) is 97.2 cm³/mol. The zero-order chi connectivity index (χ0) is 19.6. The van der Waals surface area contributed by atoms with Crippen molar-refractivity contribution in [3.63, 3.8) is 0 Å². The van der Waals surface area contributed by atoms with Crippen LogP contribution in [0.4, 0.5) is 0 Å². The second kappa shape index (κ2) is 7.11. The number of benzene rings is 1. The standard InChI is InChI=1S/C20H19N5O2/c1-26-12-3-4-17(27-2)14(7-12)18-16-9-25-6-5-13(16)15(8-21)19(24)20(18,10-22)11-23/h3-5,7,15-16,18,24-25H,6,9H2,1-2H3/t15-,16-,18-/m1/s1. The van der Waals surface area contributed by atoms with Gasteiger partial charge >= 0.3 is 0 Å². The molecule has 1 fully saturated rings. The van der Waals surface area contributed by atoms with Crippen LogP contribution in [0.3, 0.4) is 0 Å². The first kappa shape index (κ1) is 18.5. The van der Waals surface area contributed by atoms with E-state index in [4.69, 9.17) is 14.9 Å². The van der Waals surface area contributed by atoms with E-state index in [0.717, 1.165) is 5.57 Å². The van der Waals surface area contributed by atoms with Gasteiger partial charge in [0, 0.05) is 30.5 Å². The van der Waals surface area contributed by atoms with Gasteiger partial charge in [-0.15, -0.1) is 0 Å². The van der Waals surface area contributed by atoms with Gasteiger partial charge in [0.05, 0.1) is 38.1 Å². The van der Waals surface area contributed by atoms with Gasteiger partial charge in [0.25, 0.3) is 0 Å². The molecule has 3 atom stereocenters. The van der Waals surface area contributed by atoms with Crippen molar-refractivity contribution in [1.29, 1.82) is 21.2 Å². The summed E-state index contributed by atoms with van der Waals surface area (Å²) in [4.78, 5) is 0. The zero-order valence-corrected chi connectivity index (χ0v) is 15.1. The van der Waals surface area contributed by atoms with Crippen molar-refractivity contribution in [2.45, 2.75) is 5.92 Å². The zero-order valence-electron chi connectivity index (χ0n) is 15.1. The molecule has 2 aliphatic rings. The molecule has 0 bridgehead atoms. The minimum atomic E-state index is -1.76. The molecule has 1 aromatic rings. The number of nitriles is 3. The van der Waals surface area contributed by atoms with E-state index in [-0.39, 0.29) is 11.6 Å². The molecule has 0 amide bonds. The van der Waals surface area contributed by atoms with Gasteiger partial charge in [-0.1, -0.05) is 6.08 Å². The smallest absolute Gasteiger partial charge is 0.189 e. The van der Waals surface area contributed by atoms with Crippen LogP contribution in [0.2, 0.25) is 0 Å². The van der Waals surface area contributed by atoms with Gasteiger partial charge in [0.2, 0.25) is 0 Å². The van der Waals surface area contributed by atoms with Crippen LogP contribution in [0.5, 0.6) is 11.5 Å². The maximum Gasteiger partial charge on any atom is 0.189 e. The average Bonchev–Trinajstić information content (AvgIpc) is 2.72. The molecule has 1 aliphatic heterocycles. The Morgan fingerprint density at radius 3 is 2.52 bits per heavy atom. The lowest BCUT2D eigenvalue weighted by atomic mass is 9.54. The third-order valence-electron chi connectivity index (χ3n) is 5.44. The number of fused-ring (bicyclic) bond motifs is 1. The number of rotatable bonds is 3. The monoisotopic (exact) mass is 361 g/mol. The number of methoxy groups -OCH3 is 2. The summed E-state index contributed by atoms with van der Waals surface area (Å²) in [5, 5.41) is 41.5. The van der Waals surface area contributed by atoms with Crippen molar-refractivity contribution in [3.05, 3.63) is 35.4 Å². The maximum absolute atomic E-state index is 10.0. The highest BCUT2D eigenvalue weighted by Crippen LogP contribution is 2.54. The van der Waals surface area contributed by atoms with Crippen molar-refractivity contribution < 1.29 is 9.47 Å². The van der Waals surface area contributed by atoms with E-state index in [1.165, 1.54) is 14.2 Å². The Morgan fingerprint density at radius 1 is 1.19 bits per heavy atom. The number of nitrogens with zero attached hydrogens (tertiary/aromatic N) is 3. The second-order valence-corrected chi connectivity index (χ2v) is 6.56. The molecule has 2 N–H and O–H groups in total. The van der Waals surface area contributed by atoms with Gasteiger partial charge in [-0.25, -0.2) is 0 Å². The van der Waals surface area contributed by atoms with Gasteiger partial charge < -0.3 is 20.2 Å². The Hall–Kier alpha value is -3.34. The molecule has 27 heavy (non-hydrogen) atoms. The van der Waals surface area contributed by atoms with Crippen LogP contribution in [-0.2, 0) is 0 Å². The third kappa shape index (κ3) is 2.63. The molecule has 0 saturated heterocycles. The second-order valence-electron chi connectivity index (χ2n) is 6.56. The lowest BCUT2D eigenvalue weighted by molar-refractivity contribution is 0.316. The number of ether oxygens (including phenoxy) is 2. The summed E-state index contributed by atoms with van der Waals surface area (Å²) in [7, 11) is 3.06. The van der Waals surface area contributed by atoms with E-state index in [9.17, 15) is 15.8 Å². The molecular weight excluding hydrogens is 342 g/mol. The molecule has 1 aliphatic carbocycles. The van der Waals surface area contributed by atoms with Crippen LogP contribution >= 0.6 is 0 Å². The van der Waals surface area contributed by atoms with Gasteiger partial charge in [-0.05, 0) is 23.8 Å². The third-order valence-corrected chi connectivity index (χ3v) is 5.44. The van der Waals surface area contributed by atoms with Crippen molar-refractivity contribution in [1.82, 2.24) is 5.32 Å². The molecule has 7 nitrogen and oxygen atoms in total. The highest BCUT2D eigenvalue weighted by molar-refractivity contribution is 6.01. The van der Waals surface area contributed by atoms with Crippen LogP contribution in [0.25, 0.3) is 0 Å². The number of nitrogens with one attached hydrogen (secondary N) is 2. The summed E-state index contributed by atoms with van der Waals surface area (Å²) < 4.78 is 10.8. The molecule has 1 heterocycles. The van der Waals surface area contributed by atoms with E-state index in [2.05, 4.69) is 23.5 Å². The first-order valence-corrected chi connectivity index (χ1v) is 8.51. The normalized spacial score (nSPS) is 25.8. The molecular formula is C20H19N5O2. The van der Waals surface area contributed by atoms with Gasteiger partial charge in [-0.3, -0.25) is 0 Å². The van der Waals surface area contributed by atoms with Crippen molar-refractivity contribution in [2.24, 2.45) is 17.3 Å². The van der Waals surface area contributed by atoms with Gasteiger partial charge in [-0.2, -0.15) is 15.8 Å². The molecule has 0 radical (unpaired) electrons. The first-order valence-electron chi connectivity index (χ1n) is 8.51. The molecule has 0 spiro atoms. The Bertz CT molecular complexity index is 917. The first-order chi connectivity index (χ1) is 13.1. The van der Waals surface area contributed by atoms with Crippen molar-refractivity contribution in [2.75, 3.05) is 27.3 Å². The van der Waals surface area contributed by atoms with Crippen LogP contribution in [-0.4, -0.2) is 33.0 Å². The van der Waals surface area contributed by atoms with Gasteiger partial charge in [0.1, 0.15) is 17.4 Å². The van der Waals surface area contributed by atoms with E-state index in [1.54, 1.807) is 18.2 Å². The summed E-state index contributed by atoms with van der Waals surface area (Å²) in [6.07, 6.45) is 1.90. The summed E-state index contributed by atoms with van der Waals surface area (Å²) in [6.45, 7) is 1.10. The van der Waals surface area contributed by atoms with Crippen molar-refractivity contribution in [3.8, 4) is 29.7 Å². The number of hydrogen-bond donors (Lipinski definition) is 2. The van der Waals surface area contributed by atoms with Crippen LogP contribution in [0, 0.1) is 56.7 Å². The SMILES string of the molecule is COc1ccc(OC)c([C@@H]2[C@@H]3CNCC=C3[C@@H](C#N)C(=N)C2(C#N)C#N)c1. The Balaban J connectivity index is 2.32. The summed E-state index contributed by atoms with van der Waals surface area (Å²) in [5.41, 5.74) is -0.520. The lowest BCUT2D eigenvalue weighted by Gasteiger charge is -2.46. The van der Waals surface area contributed by atoms with Crippen LogP contribution in [0.1, 0.15) is 11.5 Å². The van der Waals surface area contributed by atoms with E-state index in [0.29, 0.717) is 30.2 Å². The molecule has 3 rings (SSSR count). The highest BCUT2D eigenvalue weighted by Gasteiger charge is 2.57. The number of hydrogen-bond acceptors (Lipinski definition) is 7. The Kier molecular flexibility index (Phi) is 4.86. The van der Waals surface area contributed by atoms with E-state index >= 15 is 0 Å². The fourth-order valence-electron chi connectivity index (χ4n) is 4.16. The molecule has 1 saturated carbocycles. The summed E-state index contributed by atoms with van der Waals surface area (Å²) in [5.74, 6) is -0.724. The van der Waals surface area contributed by atoms with Crippen LogP contribution in [0.15, 0.2) is 29.8 Å². The van der Waals surface area contributed by atoms with Gasteiger partial charge in [0.15, 0.2) is 5.41 Å².